The molecule has 0 amide bonds. The van der Waals surface area contributed by atoms with E-state index in [1.807, 2.05) is 48.5 Å². The van der Waals surface area contributed by atoms with E-state index < -0.39 is 32.0 Å². The highest BCUT2D eigenvalue weighted by molar-refractivity contribution is 9.11. The number of hydrogen-bond donors (Lipinski definition) is 0. The Morgan fingerprint density at radius 2 is 0.622 bits per heavy atom. The number of ether oxygens (including phenoxy) is 2. The Kier molecular flexibility index (Phi) is 17.2. The molecule has 0 saturated heterocycles. The number of benzene rings is 14. The van der Waals surface area contributed by atoms with Gasteiger partial charge in [0, 0.05) is 31.2 Å². The second-order valence-electron chi connectivity index (χ2n) is 22.4. The fourth-order valence-corrected chi connectivity index (χ4v) is 12.6. The van der Waals surface area contributed by atoms with E-state index in [-0.39, 0.29) is 5.56 Å². The smallest absolute Gasteiger partial charge is 0.346 e. The van der Waals surface area contributed by atoms with Crippen LogP contribution in [0, 0.1) is 35.6 Å². The van der Waals surface area contributed by atoms with E-state index >= 15 is 0 Å². The van der Waals surface area contributed by atoms with Crippen molar-refractivity contribution >= 4 is 150 Å². The summed E-state index contributed by atoms with van der Waals surface area (Å²) in [5.74, 6) is 10.4. The molecule has 430 valence electrons. The predicted molar refractivity (Wildman–Crippen MR) is 378 cm³/mol. The number of terminal acetylenes is 1. The van der Waals surface area contributed by atoms with E-state index in [1.54, 1.807) is 36.4 Å². The molecule has 0 bridgehead atoms. The fourth-order valence-electron chi connectivity index (χ4n) is 11.0. The van der Waals surface area contributed by atoms with E-state index in [4.69, 9.17) is 6.42 Å². The van der Waals surface area contributed by atoms with Crippen LogP contribution >= 0.6 is 31.9 Å². The Balaban J connectivity index is 0.000000112. The number of carbonyl (C=O) groups excluding carboxylic acids is 4. The first-order chi connectivity index (χ1) is 43.7. The van der Waals surface area contributed by atoms with Crippen LogP contribution < -0.4 is 0 Å². The zero-order chi connectivity index (χ0) is 62.5. The molecule has 90 heavy (non-hydrogen) atoms. The first kappa shape index (κ1) is 59.6. The molecule has 0 N–H and O–H groups in total. The van der Waals surface area contributed by atoms with Gasteiger partial charge in [0.15, 0.2) is 0 Å². The average Bonchev–Trinajstić information content (AvgIpc) is 1.61. The van der Waals surface area contributed by atoms with Gasteiger partial charge in [-0.05, 0) is 163 Å². The molecule has 0 aliphatic carbocycles. The van der Waals surface area contributed by atoms with Crippen LogP contribution in [-0.4, -0.2) is 32.0 Å². The molecule has 0 unspecified atom stereocenters. The lowest BCUT2D eigenvalue weighted by molar-refractivity contribution is 0.0425. The van der Waals surface area contributed by atoms with Crippen LogP contribution in [0.1, 0.15) is 63.7 Å². The van der Waals surface area contributed by atoms with Crippen molar-refractivity contribution in [1.29, 1.82) is 0 Å². The summed E-state index contributed by atoms with van der Waals surface area (Å²) in [6.45, 7) is 6.86. The summed E-state index contributed by atoms with van der Waals surface area (Å²) in [4.78, 5) is 45.2. The molecule has 0 saturated carbocycles. The summed E-state index contributed by atoms with van der Waals surface area (Å²) in [5.41, 5.74) is 8.53. The lowest BCUT2D eigenvalue weighted by atomic mass is 9.96. The van der Waals surface area contributed by atoms with Gasteiger partial charge in [0.2, 0.25) is 0 Å². The highest BCUT2D eigenvalue weighted by Crippen LogP contribution is 2.34. The normalized spacial score (nSPS) is 11.9. The highest BCUT2D eigenvalue weighted by atomic mass is 79.9. The summed E-state index contributed by atoms with van der Waals surface area (Å²) < 4.78 is 11.0. The molecule has 0 radical (unpaired) electrons. The molecule has 6 nitrogen and oxygen atoms in total. The summed E-state index contributed by atoms with van der Waals surface area (Å²) in [6.07, 6.45) is 5.63. The van der Waals surface area contributed by atoms with Crippen molar-refractivity contribution < 1.29 is 28.7 Å². The van der Waals surface area contributed by atoms with Crippen molar-refractivity contribution in [2.24, 2.45) is 0 Å². The molecule has 2 aliphatic rings. The molecule has 14 aromatic rings. The number of cyclic esters (lactones) is 4. The third-order valence-electron chi connectivity index (χ3n) is 15.3. The summed E-state index contributed by atoms with van der Waals surface area (Å²) in [5, 5.41) is 19.3. The SMILES string of the molecule is Brc1c2ccccc2cc2ccccc12.C#Cc1c2ccccc2cc2ccccc12.C[Si](C)(C)C#Cc1c2ccccc2cc2ccccc12.O=C1OC(=O)c2cc(Br)ccc21.O=C1OC(=O)c2cc(C#Cc3c4ccccc4cc4ccccc34)ccc21. The molecular formula is C81H52Br2O6Si. The Labute approximate surface area is 538 Å². The molecular weight excluding hydrogens is 1260 g/mol. The second-order valence-corrected chi connectivity index (χ2v) is 28.9. The number of esters is 4. The van der Waals surface area contributed by atoms with Crippen molar-refractivity contribution in [3.8, 4) is 35.6 Å². The summed E-state index contributed by atoms with van der Waals surface area (Å²) in [6, 6.07) is 85.3. The van der Waals surface area contributed by atoms with Gasteiger partial charge in [0.25, 0.3) is 0 Å². The lowest BCUT2D eigenvalue weighted by Crippen LogP contribution is -2.16. The predicted octanol–water partition coefficient (Wildman–Crippen LogP) is 20.4. The van der Waals surface area contributed by atoms with Crippen LogP contribution in [0.5, 0.6) is 0 Å². The molecule has 9 heteroatoms. The van der Waals surface area contributed by atoms with Crippen molar-refractivity contribution in [3.05, 3.63) is 308 Å². The Morgan fingerprint density at radius 3 is 0.989 bits per heavy atom. The molecule has 0 spiro atoms. The third-order valence-corrected chi connectivity index (χ3v) is 17.5. The van der Waals surface area contributed by atoms with Crippen molar-refractivity contribution in [3.63, 3.8) is 0 Å². The van der Waals surface area contributed by atoms with Crippen molar-refractivity contribution in [2.45, 2.75) is 19.6 Å². The highest BCUT2D eigenvalue weighted by Gasteiger charge is 2.30. The van der Waals surface area contributed by atoms with Gasteiger partial charge in [0.05, 0.1) is 22.3 Å². The minimum Gasteiger partial charge on any atom is -0.386 e. The van der Waals surface area contributed by atoms with E-state index in [0.717, 1.165) is 47.9 Å². The molecule has 0 fully saturated rings. The van der Waals surface area contributed by atoms with Gasteiger partial charge in [-0.15, -0.1) is 12.0 Å². The zero-order valence-electron chi connectivity index (χ0n) is 49.0. The standard InChI is InChI=1S/C24H12O3.C19H18Si.C16H10.C14H9Br.C8H3BrO3/c25-23-21-12-10-15(13-22(21)24(26)27-23)9-11-20-18-7-3-1-5-16(18)14-17-6-2-4-8-19(17)20;1-20(2,3)13-12-19-17-10-6-4-8-15(17)14-16-9-5-7-11-18(16)19;1-2-14-15-9-5-3-7-12(15)11-13-8-4-6-10-16(13)14;15-14-12-7-3-1-5-10(12)9-11-6-2-4-8-13(11)14;9-4-1-2-5-6(3-4)8(11)12-7(5)10/h1-8,10,12-14H;4-11,14H,1-3H3;1,3-11H;1-9H;1-3H. The van der Waals surface area contributed by atoms with Crippen LogP contribution in [-0.2, 0) is 9.47 Å². The Bertz CT molecular complexity index is 5240. The monoisotopic (exact) mass is 1310 g/mol. The lowest BCUT2D eigenvalue weighted by Gasteiger charge is -2.08. The maximum absolute atomic E-state index is 11.8. The second kappa shape index (κ2) is 25.9. The number of carbonyl (C=O) groups is 4. The average molecular weight is 1310 g/mol. The fraction of sp³-hybridized carbons (Fsp3) is 0.0370. The maximum Gasteiger partial charge on any atom is 0.346 e. The van der Waals surface area contributed by atoms with E-state index in [2.05, 4.69) is 260 Å². The molecule has 2 aliphatic heterocycles. The van der Waals surface area contributed by atoms with Crippen LogP contribution in [0.4, 0.5) is 0 Å². The molecule has 0 aromatic heterocycles. The molecule has 2 heterocycles. The van der Waals surface area contributed by atoms with Gasteiger partial charge < -0.3 is 9.47 Å². The maximum atomic E-state index is 11.8. The van der Waals surface area contributed by atoms with Gasteiger partial charge >= 0.3 is 23.9 Å². The number of halogens is 2. The topological polar surface area (TPSA) is 86.7 Å². The molecule has 14 aromatic carbocycles. The third kappa shape index (κ3) is 12.7. The van der Waals surface area contributed by atoms with Gasteiger partial charge in [-0.3, -0.25) is 0 Å². The Morgan fingerprint density at radius 1 is 0.322 bits per heavy atom. The number of rotatable bonds is 0. The minimum atomic E-state index is -1.38. The molecule has 0 atom stereocenters. The van der Waals surface area contributed by atoms with Crippen LogP contribution in [0.2, 0.25) is 19.6 Å². The zero-order valence-corrected chi connectivity index (χ0v) is 53.2. The quantitative estimate of drug-likeness (QED) is 0.0494. The Hall–Kier alpha value is -10.7. The van der Waals surface area contributed by atoms with Gasteiger partial charge in [-0.1, -0.05) is 253 Å². The summed E-state index contributed by atoms with van der Waals surface area (Å²) >= 11 is 6.88. The van der Waals surface area contributed by atoms with E-state index in [0.29, 0.717) is 22.3 Å². The van der Waals surface area contributed by atoms with E-state index in [9.17, 15) is 19.2 Å². The number of fused-ring (bicyclic) bond motifs is 10. The van der Waals surface area contributed by atoms with Gasteiger partial charge in [0.1, 0.15) is 8.07 Å². The minimum absolute atomic E-state index is 0.273. The van der Waals surface area contributed by atoms with Crippen molar-refractivity contribution in [2.75, 3.05) is 0 Å². The van der Waals surface area contributed by atoms with Crippen LogP contribution in [0.15, 0.2) is 264 Å². The first-order valence-corrected chi connectivity index (χ1v) is 34.0. The van der Waals surface area contributed by atoms with Gasteiger partial charge in [-0.25, -0.2) is 19.2 Å². The summed E-state index contributed by atoms with van der Waals surface area (Å²) in [7, 11) is -1.38. The van der Waals surface area contributed by atoms with Crippen LogP contribution in [0.3, 0.4) is 0 Å². The van der Waals surface area contributed by atoms with Gasteiger partial charge in [-0.2, -0.15) is 0 Å². The van der Waals surface area contributed by atoms with E-state index in [1.165, 1.54) is 63.9 Å². The molecule has 16 rings (SSSR count). The first-order valence-electron chi connectivity index (χ1n) is 29.0. The van der Waals surface area contributed by atoms with Crippen LogP contribution in [0.25, 0.3) is 86.2 Å². The number of hydrogen-bond acceptors (Lipinski definition) is 6. The van der Waals surface area contributed by atoms with Crippen molar-refractivity contribution in [1.82, 2.24) is 0 Å². The largest absolute Gasteiger partial charge is 0.386 e.